The molecule has 1 aromatic heterocycles. The van der Waals surface area contributed by atoms with Gasteiger partial charge in [-0.3, -0.25) is 5.32 Å². The molecule has 0 fully saturated rings. The molecule has 0 aliphatic carbocycles. The van der Waals surface area contributed by atoms with Crippen LogP contribution in [0.1, 0.15) is 46.1 Å². The highest BCUT2D eigenvalue weighted by molar-refractivity contribution is 5.88. The number of hydrogen-bond acceptors (Lipinski definition) is 3. The van der Waals surface area contributed by atoms with Gasteiger partial charge < -0.3 is 10.4 Å². The van der Waals surface area contributed by atoms with Crippen LogP contribution in [0.15, 0.2) is 12.3 Å². The first kappa shape index (κ1) is 15.5. The van der Waals surface area contributed by atoms with Gasteiger partial charge in [0.05, 0.1) is 12.2 Å². The highest BCUT2D eigenvalue weighted by Crippen LogP contribution is 2.16. The molecule has 0 radical (unpaired) electrons. The summed E-state index contributed by atoms with van der Waals surface area (Å²) in [4.78, 5) is 11.8. The Morgan fingerprint density at radius 1 is 1.53 bits per heavy atom. The second-order valence-corrected chi connectivity index (χ2v) is 4.78. The minimum absolute atomic E-state index is 0.0344. The number of carbonyl (C=O) groups is 1. The summed E-state index contributed by atoms with van der Waals surface area (Å²) < 4.78 is 1.80. The fourth-order valence-corrected chi connectivity index (χ4v) is 1.78. The van der Waals surface area contributed by atoms with Crippen LogP contribution in [0.5, 0.6) is 0 Å². The maximum absolute atomic E-state index is 11.8. The fourth-order valence-electron chi connectivity index (χ4n) is 1.78. The van der Waals surface area contributed by atoms with Crippen molar-refractivity contribution >= 4 is 11.8 Å². The fraction of sp³-hybridized carbons (Fsp3) is 0.692. The van der Waals surface area contributed by atoms with E-state index < -0.39 is 0 Å². The van der Waals surface area contributed by atoms with Crippen LogP contribution >= 0.6 is 0 Å². The molecule has 1 rings (SSSR count). The smallest absolute Gasteiger partial charge is 0.320 e. The predicted molar refractivity (Wildman–Crippen MR) is 75.2 cm³/mol. The van der Waals surface area contributed by atoms with E-state index >= 15 is 0 Å². The molecule has 6 heteroatoms. The lowest BCUT2D eigenvalue weighted by Crippen LogP contribution is -2.36. The Morgan fingerprint density at radius 3 is 2.89 bits per heavy atom. The van der Waals surface area contributed by atoms with E-state index in [1.165, 1.54) is 0 Å². The van der Waals surface area contributed by atoms with Crippen LogP contribution in [0.2, 0.25) is 0 Å². The van der Waals surface area contributed by atoms with E-state index in [0.29, 0.717) is 12.2 Å². The Labute approximate surface area is 114 Å². The van der Waals surface area contributed by atoms with Crippen molar-refractivity contribution in [3.05, 3.63) is 12.3 Å². The van der Waals surface area contributed by atoms with Crippen molar-refractivity contribution in [1.29, 1.82) is 0 Å². The van der Waals surface area contributed by atoms with Gasteiger partial charge in [0.2, 0.25) is 0 Å². The number of aliphatic hydroxyl groups excluding tert-OH is 1. The molecule has 6 nitrogen and oxygen atoms in total. The zero-order valence-electron chi connectivity index (χ0n) is 11.9. The molecule has 1 heterocycles. The molecule has 0 aromatic carbocycles. The third-order valence-corrected chi connectivity index (χ3v) is 3.09. The number of urea groups is 1. The summed E-state index contributed by atoms with van der Waals surface area (Å²) in [6.45, 7) is 6.20. The number of amides is 2. The molecule has 2 atom stereocenters. The van der Waals surface area contributed by atoms with E-state index in [9.17, 15) is 4.79 Å². The quantitative estimate of drug-likeness (QED) is 0.709. The van der Waals surface area contributed by atoms with Gasteiger partial charge in [0.25, 0.3) is 0 Å². The van der Waals surface area contributed by atoms with Gasteiger partial charge in [-0.25, -0.2) is 9.48 Å². The number of hydrogen-bond donors (Lipinski definition) is 3. The van der Waals surface area contributed by atoms with Crippen molar-refractivity contribution in [2.75, 3.05) is 11.9 Å². The highest BCUT2D eigenvalue weighted by atomic mass is 16.3. The molecule has 0 spiro atoms. The van der Waals surface area contributed by atoms with Crippen LogP contribution in [0, 0.1) is 0 Å². The standard InChI is InChI=1S/C13H24N4O2/c1-4-11(3)17-12(7-8-14-17)16-13(19)15-10(2)6-5-9-18/h7-8,10-11,18H,4-6,9H2,1-3H3,(H2,15,16,19). The van der Waals surface area contributed by atoms with Crippen molar-refractivity contribution in [1.82, 2.24) is 15.1 Å². The maximum atomic E-state index is 11.8. The zero-order valence-corrected chi connectivity index (χ0v) is 11.9. The molecule has 3 N–H and O–H groups in total. The number of anilines is 1. The Kier molecular flexibility index (Phi) is 6.35. The minimum atomic E-state index is -0.240. The summed E-state index contributed by atoms with van der Waals surface area (Å²) in [6, 6.07) is 1.82. The van der Waals surface area contributed by atoms with Gasteiger partial charge in [0, 0.05) is 18.7 Å². The molecule has 108 valence electrons. The summed E-state index contributed by atoms with van der Waals surface area (Å²) in [5.41, 5.74) is 0. The molecule has 0 saturated heterocycles. The molecule has 2 amide bonds. The normalized spacial score (nSPS) is 13.9. The second kappa shape index (κ2) is 7.78. The third-order valence-electron chi connectivity index (χ3n) is 3.09. The molecule has 2 unspecified atom stereocenters. The summed E-state index contributed by atoms with van der Waals surface area (Å²) in [6.07, 6.45) is 4.07. The molecule has 19 heavy (non-hydrogen) atoms. The van der Waals surface area contributed by atoms with Gasteiger partial charge >= 0.3 is 6.03 Å². The van der Waals surface area contributed by atoms with E-state index in [0.717, 1.165) is 12.8 Å². The zero-order chi connectivity index (χ0) is 14.3. The van der Waals surface area contributed by atoms with E-state index in [4.69, 9.17) is 5.11 Å². The lowest BCUT2D eigenvalue weighted by atomic mass is 10.2. The first-order valence-corrected chi connectivity index (χ1v) is 6.80. The van der Waals surface area contributed by atoms with Crippen LogP contribution in [-0.4, -0.2) is 33.6 Å². The summed E-state index contributed by atoms with van der Waals surface area (Å²) >= 11 is 0. The number of rotatable bonds is 7. The molecule has 1 aromatic rings. The van der Waals surface area contributed by atoms with Crippen LogP contribution in [-0.2, 0) is 0 Å². The Balaban J connectivity index is 2.50. The maximum Gasteiger partial charge on any atom is 0.320 e. The van der Waals surface area contributed by atoms with Gasteiger partial charge in [0.15, 0.2) is 0 Å². The Bertz CT molecular complexity index is 392. The first-order chi connectivity index (χ1) is 9.08. The van der Waals surface area contributed by atoms with Crippen molar-refractivity contribution in [2.24, 2.45) is 0 Å². The molecule has 0 aliphatic rings. The van der Waals surface area contributed by atoms with E-state index in [-0.39, 0.29) is 24.7 Å². The second-order valence-electron chi connectivity index (χ2n) is 4.78. The highest BCUT2D eigenvalue weighted by Gasteiger charge is 2.12. The van der Waals surface area contributed by atoms with Gasteiger partial charge in [-0.1, -0.05) is 6.92 Å². The number of carbonyl (C=O) groups excluding carboxylic acids is 1. The Hall–Kier alpha value is -1.56. The molecular weight excluding hydrogens is 244 g/mol. The number of aromatic nitrogens is 2. The topological polar surface area (TPSA) is 79.2 Å². The largest absolute Gasteiger partial charge is 0.396 e. The number of aliphatic hydroxyl groups is 1. The summed E-state index contributed by atoms with van der Waals surface area (Å²) in [5, 5.41) is 18.6. The molecule has 0 bridgehead atoms. The van der Waals surface area contributed by atoms with Crippen molar-refractivity contribution in [2.45, 2.75) is 52.1 Å². The van der Waals surface area contributed by atoms with Crippen LogP contribution in [0.3, 0.4) is 0 Å². The van der Waals surface area contributed by atoms with Crippen LogP contribution in [0.4, 0.5) is 10.6 Å². The average Bonchev–Trinajstić information content (AvgIpc) is 2.83. The van der Waals surface area contributed by atoms with Crippen LogP contribution < -0.4 is 10.6 Å². The number of nitrogens with zero attached hydrogens (tertiary/aromatic N) is 2. The predicted octanol–water partition coefficient (Wildman–Crippen LogP) is 2.14. The van der Waals surface area contributed by atoms with Crippen molar-refractivity contribution in [3.8, 4) is 0 Å². The van der Waals surface area contributed by atoms with Gasteiger partial charge in [-0.05, 0) is 33.1 Å². The van der Waals surface area contributed by atoms with Gasteiger partial charge in [0.1, 0.15) is 5.82 Å². The van der Waals surface area contributed by atoms with Gasteiger partial charge in [-0.2, -0.15) is 5.10 Å². The van der Waals surface area contributed by atoms with Crippen molar-refractivity contribution in [3.63, 3.8) is 0 Å². The third kappa shape index (κ3) is 4.90. The SMILES string of the molecule is CCC(C)n1nccc1NC(=O)NC(C)CCCO. The van der Waals surface area contributed by atoms with E-state index in [2.05, 4.69) is 29.6 Å². The van der Waals surface area contributed by atoms with Gasteiger partial charge in [-0.15, -0.1) is 0 Å². The van der Waals surface area contributed by atoms with E-state index in [1.807, 2.05) is 6.92 Å². The van der Waals surface area contributed by atoms with Crippen molar-refractivity contribution < 1.29 is 9.90 Å². The van der Waals surface area contributed by atoms with Crippen LogP contribution in [0.25, 0.3) is 0 Å². The Morgan fingerprint density at radius 2 is 2.26 bits per heavy atom. The molecular formula is C13H24N4O2. The number of nitrogens with one attached hydrogen (secondary N) is 2. The summed E-state index contributed by atoms with van der Waals surface area (Å²) in [7, 11) is 0. The average molecular weight is 268 g/mol. The minimum Gasteiger partial charge on any atom is -0.396 e. The lowest BCUT2D eigenvalue weighted by Gasteiger charge is -2.17. The lowest BCUT2D eigenvalue weighted by molar-refractivity contribution is 0.244. The van der Waals surface area contributed by atoms with E-state index in [1.54, 1.807) is 16.9 Å². The summed E-state index contributed by atoms with van der Waals surface area (Å²) in [5.74, 6) is 0.696. The first-order valence-electron chi connectivity index (χ1n) is 6.80. The monoisotopic (exact) mass is 268 g/mol. The molecule has 0 saturated carbocycles. The molecule has 0 aliphatic heterocycles.